The maximum Gasteiger partial charge on any atom is 0.352 e. The summed E-state index contributed by atoms with van der Waals surface area (Å²) in [5.41, 5.74) is 0.526. The number of aliphatic carboxylic acids is 1. The molecule has 29 heavy (non-hydrogen) atoms. The van der Waals surface area contributed by atoms with Crippen molar-refractivity contribution in [2.45, 2.75) is 6.42 Å². The SMILES string of the molecule is COC(=O)C1=C(Nc2cccc(N3N=C(C(=O)O)CC3=O)c2)C(=O)N(CCO)C1. The summed E-state index contributed by atoms with van der Waals surface area (Å²) in [5, 5.41) is 25.8. The number of hydrogen-bond acceptors (Lipinski definition) is 8. The van der Waals surface area contributed by atoms with Gasteiger partial charge in [-0.1, -0.05) is 6.07 Å². The zero-order chi connectivity index (χ0) is 21.1. The molecular weight excluding hydrogens is 384 g/mol. The summed E-state index contributed by atoms with van der Waals surface area (Å²) in [6.07, 6.45) is -0.320. The number of hydrogen-bond donors (Lipinski definition) is 3. The molecule has 0 spiro atoms. The van der Waals surface area contributed by atoms with Gasteiger partial charge in [0, 0.05) is 12.2 Å². The highest BCUT2D eigenvalue weighted by Gasteiger charge is 2.35. The molecule has 0 saturated carbocycles. The highest BCUT2D eigenvalue weighted by molar-refractivity contribution is 6.42. The van der Waals surface area contributed by atoms with Gasteiger partial charge in [-0.25, -0.2) is 9.59 Å². The first-order valence-corrected chi connectivity index (χ1v) is 8.58. The van der Waals surface area contributed by atoms with Crippen LogP contribution in [-0.2, 0) is 23.9 Å². The standard InChI is InChI=1S/C18H18N4O7/c1-29-18(28)12-9-21(5-6-23)16(25)15(12)19-10-3-2-4-11(7-10)22-14(24)8-13(20-22)17(26)27/h2-4,7,19,23H,5-6,8-9H2,1H3,(H,26,27). The number of methoxy groups -OCH3 is 1. The monoisotopic (exact) mass is 402 g/mol. The van der Waals surface area contributed by atoms with Crippen molar-refractivity contribution in [3.8, 4) is 0 Å². The molecule has 11 heteroatoms. The van der Waals surface area contributed by atoms with Crippen LogP contribution >= 0.6 is 0 Å². The minimum Gasteiger partial charge on any atom is -0.477 e. The molecule has 2 aliphatic heterocycles. The molecule has 1 aromatic rings. The lowest BCUT2D eigenvalue weighted by Gasteiger charge is -2.16. The van der Waals surface area contributed by atoms with E-state index in [9.17, 15) is 19.2 Å². The maximum absolute atomic E-state index is 12.6. The number of esters is 1. The zero-order valence-electron chi connectivity index (χ0n) is 15.4. The second-order valence-corrected chi connectivity index (χ2v) is 6.20. The molecular formula is C18H18N4O7. The van der Waals surface area contributed by atoms with Crippen LogP contribution in [0.4, 0.5) is 11.4 Å². The molecule has 2 amide bonds. The van der Waals surface area contributed by atoms with Crippen molar-refractivity contribution in [2.24, 2.45) is 5.10 Å². The third-order valence-corrected chi connectivity index (χ3v) is 4.34. The first-order chi connectivity index (χ1) is 13.8. The van der Waals surface area contributed by atoms with Gasteiger partial charge in [-0.15, -0.1) is 0 Å². The van der Waals surface area contributed by atoms with Gasteiger partial charge < -0.3 is 25.2 Å². The summed E-state index contributed by atoms with van der Waals surface area (Å²) in [6, 6.07) is 6.25. The molecule has 1 aromatic carbocycles. The lowest BCUT2D eigenvalue weighted by Crippen LogP contribution is -2.31. The maximum atomic E-state index is 12.6. The Hall–Kier alpha value is -3.73. The summed E-state index contributed by atoms with van der Waals surface area (Å²) in [5.74, 6) is -2.93. The van der Waals surface area contributed by atoms with Crippen molar-refractivity contribution in [3.05, 3.63) is 35.5 Å². The van der Waals surface area contributed by atoms with Crippen molar-refractivity contribution in [1.82, 2.24) is 4.90 Å². The Kier molecular flexibility index (Phi) is 5.59. The average molecular weight is 402 g/mol. The topological polar surface area (TPSA) is 149 Å². The molecule has 2 aliphatic rings. The number of aliphatic hydroxyl groups excluding tert-OH is 1. The van der Waals surface area contributed by atoms with E-state index in [-0.39, 0.29) is 43.1 Å². The number of ether oxygens (including phenoxy) is 1. The van der Waals surface area contributed by atoms with E-state index in [1.807, 2.05) is 0 Å². The van der Waals surface area contributed by atoms with Crippen molar-refractivity contribution >= 4 is 40.8 Å². The number of β-amino-alcohol motifs (C(OH)–C–C–N with tert-alkyl or cyclic N) is 1. The van der Waals surface area contributed by atoms with Gasteiger partial charge in [0.25, 0.3) is 11.8 Å². The number of nitrogens with one attached hydrogen (secondary N) is 1. The summed E-state index contributed by atoms with van der Waals surface area (Å²) < 4.78 is 4.73. The van der Waals surface area contributed by atoms with E-state index >= 15 is 0 Å². The molecule has 0 atom stereocenters. The van der Waals surface area contributed by atoms with Crippen LogP contribution in [0, 0.1) is 0 Å². The molecule has 2 heterocycles. The molecule has 0 fully saturated rings. The van der Waals surface area contributed by atoms with Crippen LogP contribution in [0.15, 0.2) is 40.6 Å². The van der Waals surface area contributed by atoms with E-state index in [0.717, 1.165) is 5.01 Å². The number of carbonyl (C=O) groups excluding carboxylic acids is 3. The van der Waals surface area contributed by atoms with Gasteiger partial charge >= 0.3 is 11.9 Å². The van der Waals surface area contributed by atoms with Crippen LogP contribution in [0.25, 0.3) is 0 Å². The van der Waals surface area contributed by atoms with Gasteiger partial charge in [0.2, 0.25) is 0 Å². The fraction of sp³-hybridized carbons (Fsp3) is 0.278. The van der Waals surface area contributed by atoms with Gasteiger partial charge in [-0.2, -0.15) is 10.1 Å². The molecule has 3 N–H and O–H groups in total. The van der Waals surface area contributed by atoms with Crippen LogP contribution in [0.5, 0.6) is 0 Å². The fourth-order valence-electron chi connectivity index (χ4n) is 2.96. The number of anilines is 2. The average Bonchev–Trinajstić information content (AvgIpc) is 3.23. The lowest BCUT2D eigenvalue weighted by atomic mass is 10.2. The van der Waals surface area contributed by atoms with Gasteiger partial charge in [0.15, 0.2) is 5.71 Å². The van der Waals surface area contributed by atoms with Crippen molar-refractivity contribution in [1.29, 1.82) is 0 Å². The smallest absolute Gasteiger partial charge is 0.352 e. The van der Waals surface area contributed by atoms with Crippen LogP contribution in [0.2, 0.25) is 0 Å². The third-order valence-electron chi connectivity index (χ3n) is 4.34. The Labute approximate surface area is 164 Å². The Balaban J connectivity index is 1.89. The predicted molar refractivity (Wildman–Crippen MR) is 99.9 cm³/mol. The molecule has 0 radical (unpaired) electrons. The molecule has 0 unspecified atom stereocenters. The number of benzene rings is 1. The number of amides is 2. The predicted octanol–water partition coefficient (Wildman–Crippen LogP) is -0.463. The minimum absolute atomic E-state index is 0.00456. The molecule has 0 bridgehead atoms. The van der Waals surface area contributed by atoms with Gasteiger partial charge in [0.05, 0.1) is 37.9 Å². The summed E-state index contributed by atoms with van der Waals surface area (Å²) in [4.78, 5) is 49.0. The molecule has 152 valence electrons. The Morgan fingerprint density at radius 3 is 2.69 bits per heavy atom. The van der Waals surface area contributed by atoms with E-state index < -0.39 is 23.8 Å². The number of nitrogens with zero attached hydrogens (tertiary/aromatic N) is 3. The first kappa shape index (κ1) is 20.0. The van der Waals surface area contributed by atoms with Crippen LogP contribution < -0.4 is 10.3 Å². The normalized spacial score (nSPS) is 16.4. The van der Waals surface area contributed by atoms with Gasteiger partial charge in [-0.05, 0) is 18.2 Å². The largest absolute Gasteiger partial charge is 0.477 e. The fourth-order valence-corrected chi connectivity index (χ4v) is 2.96. The van der Waals surface area contributed by atoms with Crippen LogP contribution in [0.1, 0.15) is 6.42 Å². The Bertz CT molecular complexity index is 953. The number of hydrazone groups is 1. The number of carbonyl (C=O) groups is 4. The molecule has 11 nitrogen and oxygen atoms in total. The second-order valence-electron chi connectivity index (χ2n) is 6.20. The van der Waals surface area contributed by atoms with Gasteiger partial charge in [0.1, 0.15) is 5.70 Å². The zero-order valence-corrected chi connectivity index (χ0v) is 15.4. The first-order valence-electron chi connectivity index (χ1n) is 8.58. The van der Waals surface area contributed by atoms with Gasteiger partial charge in [-0.3, -0.25) is 9.59 Å². The highest BCUT2D eigenvalue weighted by Crippen LogP contribution is 2.27. The number of rotatable bonds is 7. The second kappa shape index (κ2) is 8.10. The molecule has 0 saturated heterocycles. The molecule has 0 aromatic heterocycles. The van der Waals surface area contributed by atoms with Crippen molar-refractivity contribution in [2.75, 3.05) is 37.1 Å². The summed E-state index contributed by atoms with van der Waals surface area (Å²) in [7, 11) is 1.20. The molecule has 0 aliphatic carbocycles. The minimum atomic E-state index is -1.27. The van der Waals surface area contributed by atoms with Crippen LogP contribution in [0.3, 0.4) is 0 Å². The quantitative estimate of drug-likeness (QED) is 0.519. The van der Waals surface area contributed by atoms with Crippen molar-refractivity contribution < 1.29 is 34.1 Å². The van der Waals surface area contributed by atoms with E-state index in [0.29, 0.717) is 11.4 Å². The van der Waals surface area contributed by atoms with Crippen molar-refractivity contribution in [3.63, 3.8) is 0 Å². The number of carboxylic acid groups (broad SMARTS) is 1. The number of aliphatic hydroxyl groups is 1. The lowest BCUT2D eigenvalue weighted by molar-refractivity contribution is -0.136. The van der Waals surface area contributed by atoms with Crippen LogP contribution in [-0.4, -0.2) is 71.4 Å². The van der Waals surface area contributed by atoms with E-state index in [1.54, 1.807) is 18.2 Å². The Morgan fingerprint density at radius 2 is 2.07 bits per heavy atom. The highest BCUT2D eigenvalue weighted by atomic mass is 16.5. The van der Waals surface area contributed by atoms with E-state index in [4.69, 9.17) is 14.9 Å². The van der Waals surface area contributed by atoms with E-state index in [1.165, 1.54) is 18.1 Å². The Morgan fingerprint density at radius 1 is 1.31 bits per heavy atom. The molecule has 3 rings (SSSR count). The summed E-state index contributed by atoms with van der Waals surface area (Å²) >= 11 is 0. The summed E-state index contributed by atoms with van der Waals surface area (Å²) in [6.45, 7) is -0.214. The third kappa shape index (κ3) is 3.94. The number of carboxylic acids is 1. The van der Waals surface area contributed by atoms with E-state index in [2.05, 4.69) is 10.4 Å².